The summed E-state index contributed by atoms with van der Waals surface area (Å²) in [5, 5.41) is 2.57. The third-order valence-electron chi connectivity index (χ3n) is 3.44. The van der Waals surface area contributed by atoms with E-state index in [9.17, 15) is 18.0 Å². The highest BCUT2D eigenvalue weighted by atomic mass is 79.9. The predicted molar refractivity (Wildman–Crippen MR) is 106 cm³/mol. The van der Waals surface area contributed by atoms with Gasteiger partial charge < -0.3 is 10.1 Å². The van der Waals surface area contributed by atoms with Crippen LogP contribution in [-0.2, 0) is 24.3 Å². The highest BCUT2D eigenvalue weighted by molar-refractivity contribution is 9.10. The van der Waals surface area contributed by atoms with Crippen LogP contribution in [0.4, 0.5) is 11.4 Å². The fourth-order valence-corrected chi connectivity index (χ4v) is 4.10. The number of benzene rings is 2. The van der Waals surface area contributed by atoms with Gasteiger partial charge in [-0.3, -0.25) is 13.9 Å². The molecule has 0 atom stereocenters. The van der Waals surface area contributed by atoms with Crippen LogP contribution in [0.25, 0.3) is 0 Å². The van der Waals surface area contributed by atoms with Crippen molar-refractivity contribution in [3.63, 3.8) is 0 Å². The quantitative estimate of drug-likeness (QED) is 0.648. The van der Waals surface area contributed by atoms with Crippen LogP contribution in [0.15, 0.2) is 57.9 Å². The zero-order valence-electron chi connectivity index (χ0n) is 14.8. The van der Waals surface area contributed by atoms with Crippen LogP contribution in [0, 0.1) is 0 Å². The number of carbonyl (C=O) groups is 2. The summed E-state index contributed by atoms with van der Waals surface area (Å²) in [6.07, 6.45) is 0. The zero-order chi connectivity index (χ0) is 20.0. The Morgan fingerprint density at radius 1 is 1.15 bits per heavy atom. The number of amides is 1. The van der Waals surface area contributed by atoms with E-state index in [4.69, 9.17) is 4.74 Å². The van der Waals surface area contributed by atoms with Crippen molar-refractivity contribution in [2.75, 3.05) is 22.8 Å². The fourth-order valence-electron chi connectivity index (χ4n) is 2.31. The van der Waals surface area contributed by atoms with E-state index in [0.717, 1.165) is 4.31 Å². The minimum atomic E-state index is -4.03. The first-order valence-electron chi connectivity index (χ1n) is 8.05. The molecule has 1 amide bonds. The van der Waals surface area contributed by atoms with Gasteiger partial charge in [-0.15, -0.1) is 0 Å². The molecule has 9 heteroatoms. The summed E-state index contributed by atoms with van der Waals surface area (Å²) in [6, 6.07) is 12.3. The molecule has 0 aliphatic rings. The molecule has 0 unspecified atom stereocenters. The number of hydrogen-bond donors (Lipinski definition) is 1. The molecule has 2 aromatic carbocycles. The van der Waals surface area contributed by atoms with Crippen LogP contribution in [0.2, 0.25) is 0 Å². The first-order valence-corrected chi connectivity index (χ1v) is 10.3. The van der Waals surface area contributed by atoms with Gasteiger partial charge in [0.25, 0.3) is 10.0 Å². The monoisotopic (exact) mass is 454 g/mol. The minimum Gasteiger partial charge on any atom is -0.465 e. The van der Waals surface area contributed by atoms with Gasteiger partial charge in [0.1, 0.15) is 6.54 Å². The molecule has 27 heavy (non-hydrogen) atoms. The van der Waals surface area contributed by atoms with Gasteiger partial charge in [-0.05, 0) is 49.4 Å². The average Bonchev–Trinajstić information content (AvgIpc) is 2.60. The Morgan fingerprint density at radius 3 is 2.37 bits per heavy atom. The molecule has 0 saturated heterocycles. The second kappa shape index (κ2) is 9.01. The molecular weight excluding hydrogens is 436 g/mol. The number of halogens is 1. The van der Waals surface area contributed by atoms with Crippen LogP contribution < -0.4 is 9.62 Å². The lowest BCUT2D eigenvalue weighted by atomic mass is 10.3. The Kier molecular flexibility index (Phi) is 6.98. The van der Waals surface area contributed by atoms with Crippen molar-refractivity contribution < 1.29 is 22.7 Å². The Morgan fingerprint density at radius 2 is 1.81 bits per heavy atom. The summed E-state index contributed by atoms with van der Waals surface area (Å²) in [5.74, 6) is -0.917. The number of ether oxygens (including phenoxy) is 1. The standard InChI is InChI=1S/C18H19BrN2O5S/c1-3-26-18(23)12-21(16-6-4-5-14(19)11-16)27(24,25)17-9-7-15(8-10-17)20-13(2)22/h4-11H,3,12H2,1-2H3,(H,20,22). The smallest absolute Gasteiger partial charge is 0.326 e. The summed E-state index contributed by atoms with van der Waals surface area (Å²) < 4.78 is 32.8. The third kappa shape index (κ3) is 5.54. The molecular formula is C18H19BrN2O5S. The van der Waals surface area contributed by atoms with Crippen LogP contribution >= 0.6 is 15.9 Å². The third-order valence-corrected chi connectivity index (χ3v) is 5.72. The summed E-state index contributed by atoms with van der Waals surface area (Å²) in [7, 11) is -4.03. The maximum Gasteiger partial charge on any atom is 0.326 e. The lowest BCUT2D eigenvalue weighted by Gasteiger charge is -2.24. The molecule has 0 spiro atoms. The van der Waals surface area contributed by atoms with E-state index in [1.165, 1.54) is 31.2 Å². The lowest BCUT2D eigenvalue weighted by Crippen LogP contribution is -2.36. The molecule has 2 rings (SSSR count). The summed E-state index contributed by atoms with van der Waals surface area (Å²) in [6.45, 7) is 2.70. The maximum atomic E-state index is 13.1. The molecule has 0 radical (unpaired) electrons. The highest BCUT2D eigenvalue weighted by Gasteiger charge is 2.28. The van der Waals surface area contributed by atoms with Crippen LogP contribution in [0.3, 0.4) is 0 Å². The molecule has 0 bridgehead atoms. The van der Waals surface area contributed by atoms with Gasteiger partial charge >= 0.3 is 5.97 Å². The number of nitrogens with one attached hydrogen (secondary N) is 1. The number of rotatable bonds is 7. The molecule has 1 N–H and O–H groups in total. The number of esters is 1. The van der Waals surface area contributed by atoms with E-state index in [2.05, 4.69) is 21.2 Å². The topological polar surface area (TPSA) is 92.8 Å². The first-order chi connectivity index (χ1) is 12.7. The van der Waals surface area contributed by atoms with E-state index in [1.807, 2.05) is 0 Å². The number of sulfonamides is 1. The van der Waals surface area contributed by atoms with E-state index in [-0.39, 0.29) is 17.4 Å². The fraction of sp³-hybridized carbons (Fsp3) is 0.222. The Bertz CT molecular complexity index is 929. The van der Waals surface area contributed by atoms with E-state index >= 15 is 0 Å². The number of carbonyl (C=O) groups excluding carboxylic acids is 2. The van der Waals surface area contributed by atoms with Gasteiger partial charge in [0, 0.05) is 17.1 Å². The molecule has 0 aliphatic carbocycles. The first kappa shape index (κ1) is 20.9. The highest BCUT2D eigenvalue weighted by Crippen LogP contribution is 2.27. The summed E-state index contributed by atoms with van der Waals surface area (Å²) >= 11 is 3.30. The molecule has 0 fully saturated rings. The van der Waals surface area contributed by atoms with Gasteiger partial charge in [-0.2, -0.15) is 0 Å². The van der Waals surface area contributed by atoms with Crippen LogP contribution in [-0.4, -0.2) is 33.4 Å². The maximum absolute atomic E-state index is 13.1. The molecule has 2 aromatic rings. The molecule has 0 aromatic heterocycles. The van der Waals surface area contributed by atoms with Crippen LogP contribution in [0.1, 0.15) is 13.8 Å². The second-order valence-electron chi connectivity index (χ2n) is 5.50. The predicted octanol–water partition coefficient (Wildman–Crippen LogP) is 3.17. The molecule has 0 aliphatic heterocycles. The van der Waals surface area contributed by atoms with Crippen molar-refractivity contribution in [2.24, 2.45) is 0 Å². The van der Waals surface area contributed by atoms with Crippen molar-refractivity contribution in [3.05, 3.63) is 53.0 Å². The van der Waals surface area contributed by atoms with Crippen molar-refractivity contribution >= 4 is 49.2 Å². The number of nitrogens with zero attached hydrogens (tertiary/aromatic N) is 1. The molecule has 144 valence electrons. The number of anilines is 2. The normalized spacial score (nSPS) is 10.9. The minimum absolute atomic E-state index is 0.0131. The summed E-state index contributed by atoms with van der Waals surface area (Å²) in [5.41, 5.74) is 0.796. The Balaban J connectivity index is 2.43. The van der Waals surface area contributed by atoms with Crippen LogP contribution in [0.5, 0.6) is 0 Å². The van der Waals surface area contributed by atoms with Crippen molar-refractivity contribution in [2.45, 2.75) is 18.7 Å². The van der Waals surface area contributed by atoms with Crippen molar-refractivity contribution in [3.8, 4) is 0 Å². The number of hydrogen-bond acceptors (Lipinski definition) is 5. The second-order valence-corrected chi connectivity index (χ2v) is 8.28. The van der Waals surface area contributed by atoms with Gasteiger partial charge in [-0.25, -0.2) is 8.42 Å². The Labute approximate surface area is 166 Å². The van der Waals surface area contributed by atoms with Gasteiger partial charge in [0.2, 0.25) is 5.91 Å². The SMILES string of the molecule is CCOC(=O)CN(c1cccc(Br)c1)S(=O)(=O)c1ccc(NC(C)=O)cc1. The van der Waals surface area contributed by atoms with Gasteiger partial charge in [-0.1, -0.05) is 22.0 Å². The average molecular weight is 455 g/mol. The summed E-state index contributed by atoms with van der Waals surface area (Å²) in [4.78, 5) is 23.1. The van der Waals surface area contributed by atoms with Gasteiger partial charge in [0.15, 0.2) is 0 Å². The van der Waals surface area contributed by atoms with E-state index in [1.54, 1.807) is 31.2 Å². The molecule has 0 heterocycles. The van der Waals surface area contributed by atoms with E-state index < -0.39 is 22.5 Å². The Hall–Kier alpha value is -2.39. The van der Waals surface area contributed by atoms with Crippen molar-refractivity contribution in [1.29, 1.82) is 0 Å². The van der Waals surface area contributed by atoms with E-state index in [0.29, 0.717) is 15.8 Å². The largest absolute Gasteiger partial charge is 0.465 e. The zero-order valence-corrected chi connectivity index (χ0v) is 17.2. The van der Waals surface area contributed by atoms with Crippen molar-refractivity contribution in [1.82, 2.24) is 0 Å². The molecule has 0 saturated carbocycles. The lowest BCUT2D eigenvalue weighted by molar-refractivity contribution is -0.141. The molecule has 7 nitrogen and oxygen atoms in total. The van der Waals surface area contributed by atoms with Gasteiger partial charge in [0.05, 0.1) is 17.2 Å².